The van der Waals surface area contributed by atoms with Gasteiger partial charge in [0.15, 0.2) is 0 Å². The molecule has 0 saturated carbocycles. The lowest BCUT2D eigenvalue weighted by atomic mass is 10.1. The van der Waals surface area contributed by atoms with Gasteiger partial charge in [-0.3, -0.25) is 0 Å². The molecule has 0 radical (unpaired) electrons. The number of aromatic carboxylic acids is 1. The Morgan fingerprint density at radius 3 is 2.19 bits per heavy atom. The van der Waals surface area contributed by atoms with Crippen molar-refractivity contribution in [3.05, 3.63) is 28.3 Å². The van der Waals surface area contributed by atoms with E-state index in [4.69, 9.17) is 26.9 Å². The number of carboxylic acid groups (broad SMARTS) is 1. The maximum atomic E-state index is 12.5. The molecule has 1 aromatic rings. The zero-order valence-corrected chi connectivity index (χ0v) is 12.9. The van der Waals surface area contributed by atoms with Gasteiger partial charge in [-0.2, -0.15) is 4.31 Å². The average molecular weight is 338 g/mol. The van der Waals surface area contributed by atoms with Crippen LogP contribution in [0.5, 0.6) is 0 Å². The van der Waals surface area contributed by atoms with Crippen molar-refractivity contribution in [2.24, 2.45) is 0 Å². The molecule has 0 atom stereocenters. The van der Waals surface area contributed by atoms with Crippen molar-refractivity contribution in [1.82, 2.24) is 4.31 Å². The van der Waals surface area contributed by atoms with Crippen LogP contribution in [-0.2, 0) is 10.0 Å². The Balaban J connectivity index is 3.46. The quantitative estimate of drug-likeness (QED) is 0.660. The van der Waals surface area contributed by atoms with Gasteiger partial charge in [-0.1, -0.05) is 11.6 Å². The van der Waals surface area contributed by atoms with Gasteiger partial charge in [0.2, 0.25) is 10.0 Å². The van der Waals surface area contributed by atoms with Crippen molar-refractivity contribution in [2.45, 2.75) is 11.8 Å². The fraction of sp³-hybridized carbons (Fsp3) is 0.417. The molecular formula is C12H16ClNO6S. The summed E-state index contributed by atoms with van der Waals surface area (Å²) in [4.78, 5) is 10.9. The van der Waals surface area contributed by atoms with E-state index in [9.17, 15) is 13.2 Å². The van der Waals surface area contributed by atoms with Gasteiger partial charge in [-0.15, -0.1) is 0 Å². The Morgan fingerprint density at radius 1 is 1.24 bits per heavy atom. The van der Waals surface area contributed by atoms with E-state index in [-0.39, 0.29) is 34.1 Å². The third-order valence-electron chi connectivity index (χ3n) is 2.87. The molecule has 1 aromatic carbocycles. The topological polar surface area (TPSA) is 115 Å². The summed E-state index contributed by atoms with van der Waals surface area (Å²) in [7, 11) is -4.07. The van der Waals surface area contributed by atoms with Gasteiger partial charge >= 0.3 is 5.97 Å². The number of halogens is 1. The fourth-order valence-electron chi connectivity index (χ4n) is 1.86. The number of sulfonamides is 1. The van der Waals surface area contributed by atoms with Crippen LogP contribution in [0.2, 0.25) is 5.02 Å². The molecule has 0 aliphatic heterocycles. The number of carboxylic acids is 1. The number of carbonyl (C=O) groups is 1. The zero-order valence-electron chi connectivity index (χ0n) is 11.3. The van der Waals surface area contributed by atoms with Gasteiger partial charge in [0, 0.05) is 18.1 Å². The Hall–Kier alpha value is -1.19. The molecule has 0 fully saturated rings. The van der Waals surface area contributed by atoms with E-state index in [1.807, 2.05) is 0 Å². The first kappa shape index (κ1) is 17.9. The summed E-state index contributed by atoms with van der Waals surface area (Å²) in [5, 5.41) is 26.9. The molecule has 0 heterocycles. The second kappa shape index (κ2) is 7.19. The number of nitrogens with zero attached hydrogens (tertiary/aromatic N) is 1. The smallest absolute Gasteiger partial charge is 0.336 e. The molecule has 1 rings (SSSR count). The van der Waals surface area contributed by atoms with E-state index in [2.05, 4.69) is 0 Å². The number of aliphatic hydroxyl groups is 2. The van der Waals surface area contributed by atoms with E-state index >= 15 is 0 Å². The standard InChI is InChI=1S/C12H16ClNO6S/c1-8-10(12(17)18)6-9(13)7-11(8)21(19,20)14(2-4-15)3-5-16/h6-7,15-16H,2-5H2,1H3,(H,17,18). The van der Waals surface area contributed by atoms with Crippen molar-refractivity contribution >= 4 is 27.6 Å². The van der Waals surface area contributed by atoms with Crippen molar-refractivity contribution in [3.63, 3.8) is 0 Å². The highest BCUT2D eigenvalue weighted by atomic mass is 35.5. The third-order valence-corrected chi connectivity index (χ3v) is 5.11. The highest BCUT2D eigenvalue weighted by Gasteiger charge is 2.28. The summed E-state index contributed by atoms with van der Waals surface area (Å²) in [5.74, 6) is -1.29. The number of hydrogen-bond donors (Lipinski definition) is 3. The predicted octanol–water partition coefficient (Wildman–Crippen LogP) is 0.322. The second-order valence-electron chi connectivity index (χ2n) is 4.23. The van der Waals surface area contributed by atoms with E-state index in [1.54, 1.807) is 0 Å². The van der Waals surface area contributed by atoms with Gasteiger partial charge in [0.05, 0.1) is 23.7 Å². The first-order chi connectivity index (χ1) is 9.75. The molecule has 0 saturated heterocycles. The minimum atomic E-state index is -4.07. The van der Waals surface area contributed by atoms with Crippen LogP contribution in [0.3, 0.4) is 0 Å². The Labute approximate surface area is 127 Å². The Morgan fingerprint density at radius 2 is 1.76 bits per heavy atom. The first-order valence-corrected chi connectivity index (χ1v) is 7.82. The number of benzene rings is 1. The molecule has 0 aliphatic carbocycles. The predicted molar refractivity (Wildman–Crippen MR) is 76.1 cm³/mol. The van der Waals surface area contributed by atoms with Gasteiger partial charge in [0.1, 0.15) is 0 Å². The molecule has 7 nitrogen and oxygen atoms in total. The van der Waals surface area contributed by atoms with Crippen LogP contribution in [-0.4, -0.2) is 60.3 Å². The summed E-state index contributed by atoms with van der Waals surface area (Å²) >= 11 is 5.79. The molecule has 118 valence electrons. The second-order valence-corrected chi connectivity index (χ2v) is 6.58. The zero-order chi connectivity index (χ0) is 16.2. The Bertz CT molecular complexity index is 625. The van der Waals surface area contributed by atoms with Gasteiger partial charge in [-0.25, -0.2) is 13.2 Å². The van der Waals surface area contributed by atoms with Crippen LogP contribution in [0.4, 0.5) is 0 Å². The van der Waals surface area contributed by atoms with Crippen molar-refractivity contribution in [3.8, 4) is 0 Å². The molecule has 0 spiro atoms. The maximum Gasteiger partial charge on any atom is 0.336 e. The van der Waals surface area contributed by atoms with E-state index in [0.29, 0.717) is 0 Å². The SMILES string of the molecule is Cc1c(C(=O)O)cc(Cl)cc1S(=O)(=O)N(CCO)CCO. The van der Waals surface area contributed by atoms with Crippen molar-refractivity contribution in [1.29, 1.82) is 0 Å². The molecule has 9 heteroatoms. The molecule has 21 heavy (non-hydrogen) atoms. The molecule has 3 N–H and O–H groups in total. The lowest BCUT2D eigenvalue weighted by Crippen LogP contribution is -2.36. The minimum absolute atomic E-state index is 0.0236. The van der Waals surface area contributed by atoms with Crippen LogP contribution in [0, 0.1) is 6.92 Å². The van der Waals surface area contributed by atoms with Crippen LogP contribution >= 0.6 is 11.6 Å². The lowest BCUT2D eigenvalue weighted by Gasteiger charge is -2.22. The lowest BCUT2D eigenvalue weighted by molar-refractivity contribution is 0.0695. The van der Waals surface area contributed by atoms with Gasteiger partial charge in [0.25, 0.3) is 0 Å². The summed E-state index contributed by atoms with van der Waals surface area (Å²) in [6, 6.07) is 2.32. The van der Waals surface area contributed by atoms with Crippen LogP contribution < -0.4 is 0 Å². The van der Waals surface area contributed by atoms with E-state index in [1.165, 1.54) is 13.0 Å². The monoisotopic (exact) mass is 337 g/mol. The van der Waals surface area contributed by atoms with E-state index < -0.39 is 29.2 Å². The molecule has 0 aromatic heterocycles. The molecular weight excluding hydrogens is 322 g/mol. The average Bonchev–Trinajstić information content (AvgIpc) is 2.40. The number of hydrogen-bond acceptors (Lipinski definition) is 5. The van der Waals surface area contributed by atoms with Crippen molar-refractivity contribution < 1.29 is 28.5 Å². The highest BCUT2D eigenvalue weighted by molar-refractivity contribution is 7.89. The minimum Gasteiger partial charge on any atom is -0.478 e. The van der Waals surface area contributed by atoms with E-state index in [0.717, 1.165) is 10.4 Å². The van der Waals surface area contributed by atoms with Crippen LogP contribution in [0.1, 0.15) is 15.9 Å². The molecule has 0 amide bonds. The number of rotatable bonds is 7. The fourth-order valence-corrected chi connectivity index (χ4v) is 3.84. The Kier molecular flexibility index (Phi) is 6.11. The summed E-state index contributed by atoms with van der Waals surface area (Å²) < 4.78 is 25.9. The number of aliphatic hydroxyl groups excluding tert-OH is 2. The maximum absolute atomic E-state index is 12.5. The van der Waals surface area contributed by atoms with Crippen LogP contribution in [0.25, 0.3) is 0 Å². The summed E-state index contributed by atoms with van der Waals surface area (Å²) in [6.45, 7) is 0.0898. The van der Waals surface area contributed by atoms with Gasteiger partial charge < -0.3 is 15.3 Å². The summed E-state index contributed by atoms with van der Waals surface area (Å²) in [5.41, 5.74) is -0.165. The third kappa shape index (κ3) is 3.92. The van der Waals surface area contributed by atoms with Crippen molar-refractivity contribution in [2.75, 3.05) is 26.3 Å². The molecule has 0 aliphatic rings. The first-order valence-electron chi connectivity index (χ1n) is 6.01. The summed E-state index contributed by atoms with van der Waals surface area (Å²) in [6.07, 6.45) is 0. The highest BCUT2D eigenvalue weighted by Crippen LogP contribution is 2.27. The largest absolute Gasteiger partial charge is 0.478 e. The molecule has 0 bridgehead atoms. The normalized spacial score (nSPS) is 11.9. The van der Waals surface area contributed by atoms with Gasteiger partial charge in [-0.05, 0) is 24.6 Å². The molecule has 0 unspecified atom stereocenters. The van der Waals surface area contributed by atoms with Crippen LogP contribution in [0.15, 0.2) is 17.0 Å².